The fraction of sp³-hybridized carbons (Fsp3) is 0.600. The van der Waals surface area contributed by atoms with Crippen molar-refractivity contribution in [1.82, 2.24) is 0 Å². The van der Waals surface area contributed by atoms with Crippen molar-refractivity contribution >= 4 is 11.8 Å². The average Bonchev–Trinajstić information content (AvgIpc) is 2.92. The van der Waals surface area contributed by atoms with Gasteiger partial charge in [0, 0.05) is 23.7 Å². The highest BCUT2D eigenvalue weighted by molar-refractivity contribution is 7.99. The molecule has 106 valence electrons. The molecule has 0 saturated carbocycles. The molecule has 1 saturated heterocycles. The predicted molar refractivity (Wildman–Crippen MR) is 80.8 cm³/mol. The van der Waals surface area contributed by atoms with Crippen LogP contribution < -0.4 is 10.5 Å². The van der Waals surface area contributed by atoms with Gasteiger partial charge in [-0.2, -0.15) is 0 Å². The summed E-state index contributed by atoms with van der Waals surface area (Å²) in [7, 11) is 1.69. The predicted octanol–water partition coefficient (Wildman–Crippen LogP) is 3.00. The second kappa shape index (κ2) is 7.17. The van der Waals surface area contributed by atoms with Crippen LogP contribution in [-0.2, 0) is 4.74 Å². The molecule has 1 aromatic rings. The van der Waals surface area contributed by atoms with Gasteiger partial charge in [0.1, 0.15) is 5.75 Å². The lowest BCUT2D eigenvalue weighted by Crippen LogP contribution is -2.24. The van der Waals surface area contributed by atoms with Gasteiger partial charge in [0.15, 0.2) is 0 Å². The Morgan fingerprint density at radius 1 is 1.53 bits per heavy atom. The molecule has 0 aromatic heterocycles. The number of nitrogens with two attached hydrogens (primary N) is 1. The van der Waals surface area contributed by atoms with Crippen molar-refractivity contribution in [3.63, 3.8) is 0 Å². The molecule has 2 rings (SSSR count). The third kappa shape index (κ3) is 4.13. The Hall–Kier alpha value is -0.710. The van der Waals surface area contributed by atoms with Gasteiger partial charge in [-0.05, 0) is 37.5 Å². The summed E-state index contributed by atoms with van der Waals surface area (Å²) in [6, 6.07) is 8.30. The van der Waals surface area contributed by atoms with Crippen LogP contribution >= 0.6 is 11.8 Å². The monoisotopic (exact) mass is 281 g/mol. The lowest BCUT2D eigenvalue weighted by molar-refractivity contribution is 0.128. The zero-order chi connectivity index (χ0) is 13.7. The van der Waals surface area contributed by atoms with E-state index in [1.54, 1.807) is 7.11 Å². The van der Waals surface area contributed by atoms with Crippen LogP contribution in [0.1, 0.15) is 30.6 Å². The molecule has 2 N–H and O–H groups in total. The van der Waals surface area contributed by atoms with Crippen molar-refractivity contribution in [2.45, 2.75) is 37.2 Å². The van der Waals surface area contributed by atoms with Crippen molar-refractivity contribution in [2.24, 2.45) is 5.73 Å². The van der Waals surface area contributed by atoms with Crippen LogP contribution in [0.5, 0.6) is 5.75 Å². The van der Waals surface area contributed by atoms with Gasteiger partial charge in [0.2, 0.25) is 0 Å². The van der Waals surface area contributed by atoms with Gasteiger partial charge in [-0.3, -0.25) is 0 Å². The van der Waals surface area contributed by atoms with Crippen molar-refractivity contribution in [2.75, 3.05) is 19.5 Å². The van der Waals surface area contributed by atoms with E-state index >= 15 is 0 Å². The molecule has 1 aromatic carbocycles. The second-order valence-corrected chi connectivity index (χ2v) is 6.20. The zero-order valence-corrected chi connectivity index (χ0v) is 12.5. The van der Waals surface area contributed by atoms with Crippen molar-refractivity contribution in [1.29, 1.82) is 0 Å². The number of hydrogen-bond acceptors (Lipinski definition) is 4. The number of rotatable bonds is 6. The minimum Gasteiger partial charge on any atom is -0.497 e. The zero-order valence-electron chi connectivity index (χ0n) is 11.7. The molecule has 0 bridgehead atoms. The molecule has 4 heteroatoms. The van der Waals surface area contributed by atoms with E-state index in [4.69, 9.17) is 15.2 Å². The first-order valence-corrected chi connectivity index (χ1v) is 7.88. The Morgan fingerprint density at radius 2 is 2.37 bits per heavy atom. The SMILES string of the molecule is COc1cccc(C(SCC2CCCO2)C(C)N)c1. The van der Waals surface area contributed by atoms with Gasteiger partial charge in [-0.1, -0.05) is 12.1 Å². The minimum atomic E-state index is 0.110. The summed E-state index contributed by atoms with van der Waals surface area (Å²) in [6.45, 7) is 2.97. The van der Waals surface area contributed by atoms with Crippen molar-refractivity contribution in [3.05, 3.63) is 29.8 Å². The van der Waals surface area contributed by atoms with Gasteiger partial charge in [0.25, 0.3) is 0 Å². The smallest absolute Gasteiger partial charge is 0.119 e. The van der Waals surface area contributed by atoms with E-state index in [1.165, 1.54) is 18.4 Å². The molecule has 3 unspecified atom stereocenters. The maximum atomic E-state index is 6.14. The Labute approximate surface area is 119 Å². The summed E-state index contributed by atoms with van der Waals surface area (Å²) in [5.74, 6) is 1.91. The molecule has 1 heterocycles. The highest BCUT2D eigenvalue weighted by Crippen LogP contribution is 2.34. The molecular formula is C15H23NO2S. The summed E-state index contributed by atoms with van der Waals surface area (Å²) in [6.07, 6.45) is 2.76. The number of benzene rings is 1. The number of ether oxygens (including phenoxy) is 2. The van der Waals surface area contributed by atoms with E-state index < -0.39 is 0 Å². The van der Waals surface area contributed by atoms with E-state index in [0.29, 0.717) is 11.4 Å². The normalized spacial score (nSPS) is 22.2. The van der Waals surface area contributed by atoms with Crippen LogP contribution in [-0.4, -0.2) is 31.6 Å². The molecule has 0 spiro atoms. The lowest BCUT2D eigenvalue weighted by Gasteiger charge is -2.22. The number of hydrogen-bond donors (Lipinski definition) is 1. The summed E-state index contributed by atoms with van der Waals surface area (Å²) < 4.78 is 11.0. The molecule has 1 aliphatic heterocycles. The highest BCUT2D eigenvalue weighted by Gasteiger charge is 2.22. The minimum absolute atomic E-state index is 0.110. The van der Waals surface area contributed by atoms with E-state index in [-0.39, 0.29) is 6.04 Å². The maximum Gasteiger partial charge on any atom is 0.119 e. The summed E-state index contributed by atoms with van der Waals surface area (Å²) >= 11 is 1.89. The van der Waals surface area contributed by atoms with Crippen LogP contribution in [0.3, 0.4) is 0 Å². The van der Waals surface area contributed by atoms with Crippen LogP contribution in [0.15, 0.2) is 24.3 Å². The van der Waals surface area contributed by atoms with Gasteiger partial charge in [0.05, 0.1) is 13.2 Å². The summed E-state index contributed by atoms with van der Waals surface area (Å²) in [4.78, 5) is 0. The molecule has 3 atom stereocenters. The molecular weight excluding hydrogens is 258 g/mol. The van der Waals surface area contributed by atoms with Crippen LogP contribution in [0.4, 0.5) is 0 Å². The third-order valence-corrected chi connectivity index (χ3v) is 5.01. The standard InChI is InChI=1S/C15H23NO2S/c1-11(16)15(19-10-14-7-4-8-18-14)12-5-3-6-13(9-12)17-2/h3,5-6,9,11,14-15H,4,7-8,10,16H2,1-2H3. The molecule has 19 heavy (non-hydrogen) atoms. The van der Waals surface area contributed by atoms with Gasteiger partial charge >= 0.3 is 0 Å². The van der Waals surface area contributed by atoms with Gasteiger partial charge < -0.3 is 15.2 Å². The largest absolute Gasteiger partial charge is 0.497 e. The van der Waals surface area contributed by atoms with Crippen LogP contribution in [0, 0.1) is 0 Å². The molecule has 1 aliphatic rings. The second-order valence-electron chi connectivity index (χ2n) is 5.02. The van der Waals surface area contributed by atoms with Crippen LogP contribution in [0.2, 0.25) is 0 Å². The molecule has 3 nitrogen and oxygen atoms in total. The first kappa shape index (κ1) is 14.7. The first-order valence-electron chi connectivity index (χ1n) is 6.83. The molecule has 0 radical (unpaired) electrons. The first-order chi connectivity index (χ1) is 9.20. The van der Waals surface area contributed by atoms with Crippen LogP contribution in [0.25, 0.3) is 0 Å². The quantitative estimate of drug-likeness (QED) is 0.870. The summed E-state index contributed by atoms with van der Waals surface area (Å²) in [5.41, 5.74) is 7.38. The maximum absolute atomic E-state index is 6.14. The Bertz CT molecular complexity index is 391. The Balaban J connectivity index is 2.01. The van der Waals surface area contributed by atoms with Crippen molar-refractivity contribution in [3.8, 4) is 5.75 Å². The summed E-state index contributed by atoms with van der Waals surface area (Å²) in [5, 5.41) is 0.291. The average molecular weight is 281 g/mol. The topological polar surface area (TPSA) is 44.5 Å². The van der Waals surface area contributed by atoms with E-state index in [1.807, 2.05) is 23.9 Å². The van der Waals surface area contributed by atoms with Gasteiger partial charge in [-0.15, -0.1) is 11.8 Å². The lowest BCUT2D eigenvalue weighted by atomic mass is 10.1. The Kier molecular flexibility index (Phi) is 5.55. The fourth-order valence-electron chi connectivity index (χ4n) is 2.36. The number of methoxy groups -OCH3 is 1. The van der Waals surface area contributed by atoms with E-state index in [9.17, 15) is 0 Å². The molecule has 1 fully saturated rings. The molecule has 0 amide bonds. The Morgan fingerprint density at radius 3 is 3.00 bits per heavy atom. The fourth-order valence-corrected chi connectivity index (χ4v) is 3.68. The highest BCUT2D eigenvalue weighted by atomic mass is 32.2. The molecule has 0 aliphatic carbocycles. The van der Waals surface area contributed by atoms with E-state index in [0.717, 1.165) is 18.1 Å². The van der Waals surface area contributed by atoms with E-state index in [2.05, 4.69) is 19.1 Å². The number of thioether (sulfide) groups is 1. The van der Waals surface area contributed by atoms with Crippen molar-refractivity contribution < 1.29 is 9.47 Å². The van der Waals surface area contributed by atoms with Gasteiger partial charge in [-0.25, -0.2) is 0 Å². The third-order valence-electron chi connectivity index (χ3n) is 3.39.